The van der Waals surface area contributed by atoms with Crippen LogP contribution in [0.15, 0.2) is 17.1 Å². The van der Waals surface area contributed by atoms with Gasteiger partial charge in [-0.25, -0.2) is 4.79 Å². The topological polar surface area (TPSA) is 68.5 Å². The van der Waals surface area contributed by atoms with Crippen molar-refractivity contribution >= 4 is 5.97 Å². The molecular formula is C14H19NO4. The Morgan fingerprint density at radius 1 is 1.47 bits per heavy atom. The first-order chi connectivity index (χ1) is 8.95. The van der Waals surface area contributed by atoms with E-state index in [2.05, 4.69) is 6.92 Å². The summed E-state index contributed by atoms with van der Waals surface area (Å²) in [4.78, 5) is 22.9. The maximum absolute atomic E-state index is 11.6. The summed E-state index contributed by atoms with van der Waals surface area (Å²) in [6, 6.07) is 1.14. The Morgan fingerprint density at radius 3 is 2.63 bits per heavy atom. The van der Waals surface area contributed by atoms with Gasteiger partial charge >= 0.3 is 5.97 Å². The van der Waals surface area contributed by atoms with Gasteiger partial charge in [0, 0.05) is 12.6 Å². The van der Waals surface area contributed by atoms with Gasteiger partial charge in [0.05, 0.1) is 13.3 Å². The molecule has 1 aromatic heterocycles. The van der Waals surface area contributed by atoms with E-state index < -0.39 is 11.4 Å². The van der Waals surface area contributed by atoms with Crippen molar-refractivity contribution in [3.63, 3.8) is 0 Å². The lowest BCUT2D eigenvalue weighted by Crippen LogP contribution is -2.25. The molecule has 1 aliphatic carbocycles. The number of methoxy groups -OCH3 is 1. The van der Waals surface area contributed by atoms with Crippen LogP contribution in [0.1, 0.15) is 43.1 Å². The number of nitrogens with zero attached hydrogens (tertiary/aromatic N) is 1. The van der Waals surface area contributed by atoms with Crippen LogP contribution in [0.2, 0.25) is 0 Å². The summed E-state index contributed by atoms with van der Waals surface area (Å²) >= 11 is 0. The van der Waals surface area contributed by atoms with E-state index in [0.29, 0.717) is 6.54 Å². The van der Waals surface area contributed by atoms with E-state index in [4.69, 9.17) is 4.74 Å². The zero-order chi connectivity index (χ0) is 14.0. The van der Waals surface area contributed by atoms with Crippen LogP contribution in [-0.4, -0.2) is 22.8 Å². The fourth-order valence-electron chi connectivity index (χ4n) is 2.82. The van der Waals surface area contributed by atoms with Crippen molar-refractivity contribution in [3.05, 3.63) is 28.2 Å². The fraction of sp³-hybridized carbons (Fsp3) is 0.571. The molecule has 0 radical (unpaired) electrons. The van der Waals surface area contributed by atoms with Crippen LogP contribution in [0.3, 0.4) is 0 Å². The largest absolute Gasteiger partial charge is 0.491 e. The number of carboxylic acid groups (broad SMARTS) is 1. The van der Waals surface area contributed by atoms with Crippen molar-refractivity contribution in [1.82, 2.24) is 4.57 Å². The Labute approximate surface area is 111 Å². The minimum atomic E-state index is -1.08. The molecule has 0 spiro atoms. The fourth-order valence-corrected chi connectivity index (χ4v) is 2.82. The molecule has 0 aromatic carbocycles. The second-order valence-electron chi connectivity index (χ2n) is 5.54. The summed E-state index contributed by atoms with van der Waals surface area (Å²) < 4.78 is 6.62. The van der Waals surface area contributed by atoms with Crippen molar-refractivity contribution in [2.24, 2.45) is 5.41 Å². The number of rotatable bonds is 4. The minimum absolute atomic E-state index is 0.0268. The number of aromatic nitrogens is 1. The van der Waals surface area contributed by atoms with E-state index in [-0.39, 0.29) is 16.9 Å². The third-order valence-electron chi connectivity index (χ3n) is 3.89. The second kappa shape index (κ2) is 5.07. The molecule has 0 amide bonds. The average Bonchev–Trinajstić information content (AvgIpc) is 2.77. The summed E-state index contributed by atoms with van der Waals surface area (Å²) in [5.74, 6) is -0.895. The van der Waals surface area contributed by atoms with E-state index in [1.165, 1.54) is 26.1 Å². The van der Waals surface area contributed by atoms with Crippen LogP contribution in [0.4, 0.5) is 0 Å². The highest BCUT2D eigenvalue weighted by atomic mass is 16.5. The van der Waals surface area contributed by atoms with Gasteiger partial charge in [-0.1, -0.05) is 19.8 Å². The van der Waals surface area contributed by atoms with Gasteiger partial charge in [0.25, 0.3) is 0 Å². The first kappa shape index (κ1) is 13.6. The van der Waals surface area contributed by atoms with Crippen molar-refractivity contribution in [3.8, 4) is 5.75 Å². The molecule has 2 rings (SSSR count). The van der Waals surface area contributed by atoms with Crippen LogP contribution in [0, 0.1) is 5.41 Å². The number of ether oxygens (including phenoxy) is 1. The van der Waals surface area contributed by atoms with Gasteiger partial charge in [-0.05, 0) is 18.3 Å². The van der Waals surface area contributed by atoms with Crippen molar-refractivity contribution in [2.75, 3.05) is 7.11 Å². The molecule has 0 atom stereocenters. The molecule has 0 unspecified atom stereocenters. The highest BCUT2D eigenvalue weighted by Gasteiger charge is 2.30. The third-order valence-corrected chi connectivity index (χ3v) is 3.89. The SMILES string of the molecule is COc1cn(CC2(C)CCCC2)c(C(=O)O)cc1=O. The van der Waals surface area contributed by atoms with Crippen molar-refractivity contribution < 1.29 is 14.6 Å². The summed E-state index contributed by atoms with van der Waals surface area (Å²) in [5.41, 5.74) is -0.267. The molecule has 5 heteroatoms. The number of carboxylic acids is 1. The number of hydrogen-bond donors (Lipinski definition) is 1. The molecule has 1 N–H and O–H groups in total. The van der Waals surface area contributed by atoms with E-state index in [0.717, 1.165) is 18.9 Å². The van der Waals surface area contributed by atoms with Gasteiger partial charge in [-0.3, -0.25) is 4.79 Å². The molecule has 1 aliphatic rings. The molecule has 104 valence electrons. The molecule has 0 bridgehead atoms. The summed E-state index contributed by atoms with van der Waals surface area (Å²) in [6.45, 7) is 2.77. The zero-order valence-electron chi connectivity index (χ0n) is 11.3. The maximum atomic E-state index is 11.6. The number of aromatic carboxylic acids is 1. The van der Waals surface area contributed by atoms with Crippen LogP contribution >= 0.6 is 0 Å². The van der Waals surface area contributed by atoms with Crippen LogP contribution in [-0.2, 0) is 6.54 Å². The van der Waals surface area contributed by atoms with Gasteiger partial charge in [-0.15, -0.1) is 0 Å². The maximum Gasteiger partial charge on any atom is 0.352 e. The van der Waals surface area contributed by atoms with Crippen molar-refractivity contribution in [2.45, 2.75) is 39.2 Å². The Kier molecular flexibility index (Phi) is 3.64. The van der Waals surface area contributed by atoms with Gasteiger partial charge in [0.15, 0.2) is 5.75 Å². The van der Waals surface area contributed by atoms with Crippen LogP contribution in [0.25, 0.3) is 0 Å². The quantitative estimate of drug-likeness (QED) is 0.905. The molecule has 1 heterocycles. The molecular weight excluding hydrogens is 246 g/mol. The molecule has 1 saturated carbocycles. The Morgan fingerprint density at radius 2 is 2.11 bits per heavy atom. The minimum Gasteiger partial charge on any atom is -0.491 e. The normalized spacial score (nSPS) is 17.4. The van der Waals surface area contributed by atoms with Gasteiger partial charge in [0.1, 0.15) is 5.69 Å². The third kappa shape index (κ3) is 2.80. The Balaban J connectivity index is 2.42. The summed E-state index contributed by atoms with van der Waals surface area (Å²) in [6.07, 6.45) is 6.03. The first-order valence-electron chi connectivity index (χ1n) is 6.47. The number of pyridine rings is 1. The van der Waals surface area contributed by atoms with E-state index in [9.17, 15) is 14.7 Å². The Bertz CT molecular complexity index is 541. The predicted molar refractivity (Wildman–Crippen MR) is 70.8 cm³/mol. The number of hydrogen-bond acceptors (Lipinski definition) is 3. The Hall–Kier alpha value is -1.78. The molecule has 19 heavy (non-hydrogen) atoms. The zero-order valence-corrected chi connectivity index (χ0v) is 11.3. The van der Waals surface area contributed by atoms with E-state index in [1.807, 2.05) is 0 Å². The lowest BCUT2D eigenvalue weighted by atomic mass is 9.88. The van der Waals surface area contributed by atoms with Crippen molar-refractivity contribution in [1.29, 1.82) is 0 Å². The second-order valence-corrected chi connectivity index (χ2v) is 5.54. The summed E-state index contributed by atoms with van der Waals surface area (Å²) in [7, 11) is 1.42. The molecule has 5 nitrogen and oxygen atoms in total. The molecule has 1 fully saturated rings. The lowest BCUT2D eigenvalue weighted by molar-refractivity contribution is 0.0680. The molecule has 1 aromatic rings. The van der Waals surface area contributed by atoms with Gasteiger partial charge < -0.3 is 14.4 Å². The van der Waals surface area contributed by atoms with Gasteiger partial charge in [0.2, 0.25) is 5.43 Å². The highest BCUT2D eigenvalue weighted by molar-refractivity contribution is 5.85. The lowest BCUT2D eigenvalue weighted by Gasteiger charge is -2.26. The van der Waals surface area contributed by atoms with E-state index >= 15 is 0 Å². The monoisotopic (exact) mass is 265 g/mol. The predicted octanol–water partition coefficient (Wildman–Crippen LogP) is 2.14. The summed E-state index contributed by atoms with van der Waals surface area (Å²) in [5, 5.41) is 9.21. The first-order valence-corrected chi connectivity index (χ1v) is 6.47. The average molecular weight is 265 g/mol. The van der Waals surface area contributed by atoms with Gasteiger partial charge in [-0.2, -0.15) is 0 Å². The highest BCUT2D eigenvalue weighted by Crippen LogP contribution is 2.39. The van der Waals surface area contributed by atoms with E-state index in [1.54, 1.807) is 4.57 Å². The smallest absolute Gasteiger partial charge is 0.352 e. The number of carbonyl (C=O) groups is 1. The standard InChI is InChI=1S/C14H19NO4/c1-14(5-3-4-6-14)9-15-8-12(19-2)11(16)7-10(15)13(17)18/h7-8H,3-6,9H2,1-2H3,(H,17,18). The molecule has 0 saturated heterocycles. The molecule has 0 aliphatic heterocycles. The van der Waals surface area contributed by atoms with Crippen LogP contribution in [0.5, 0.6) is 5.75 Å². The van der Waals surface area contributed by atoms with Crippen LogP contribution < -0.4 is 10.2 Å².